The number of ether oxygens (including phenoxy) is 1. The summed E-state index contributed by atoms with van der Waals surface area (Å²) >= 11 is 5.47. The van der Waals surface area contributed by atoms with Crippen LogP contribution in [-0.2, 0) is 9.53 Å². The summed E-state index contributed by atoms with van der Waals surface area (Å²) in [6.45, 7) is 6.44. The second-order valence-electron chi connectivity index (χ2n) is 7.03. The molecule has 0 saturated carbocycles. The third kappa shape index (κ3) is 5.05. The number of nitrogens with one attached hydrogen (secondary N) is 3. The van der Waals surface area contributed by atoms with E-state index >= 15 is 0 Å². The van der Waals surface area contributed by atoms with Gasteiger partial charge in [0, 0.05) is 17.9 Å². The molecule has 2 amide bonds. The van der Waals surface area contributed by atoms with E-state index in [1.165, 1.54) is 12.1 Å². The molecule has 0 radical (unpaired) electrons. The Labute approximate surface area is 191 Å². The van der Waals surface area contributed by atoms with E-state index in [1.807, 2.05) is 18.7 Å². The van der Waals surface area contributed by atoms with E-state index in [1.54, 1.807) is 43.3 Å². The smallest absolute Gasteiger partial charge is 0.338 e. The van der Waals surface area contributed by atoms with E-state index in [2.05, 4.69) is 16.0 Å². The van der Waals surface area contributed by atoms with Gasteiger partial charge in [0.2, 0.25) is 0 Å². The number of amides is 2. The molecule has 1 aliphatic heterocycles. The van der Waals surface area contributed by atoms with Gasteiger partial charge in [-0.2, -0.15) is 0 Å². The largest absolute Gasteiger partial charge is 0.463 e. The van der Waals surface area contributed by atoms with E-state index in [-0.39, 0.29) is 12.3 Å². The van der Waals surface area contributed by atoms with Gasteiger partial charge in [-0.05, 0) is 62.8 Å². The quantitative estimate of drug-likeness (QED) is 0.437. The Morgan fingerprint density at radius 3 is 2.44 bits per heavy atom. The van der Waals surface area contributed by atoms with E-state index < -0.39 is 23.9 Å². The van der Waals surface area contributed by atoms with Crippen LogP contribution >= 0.6 is 12.2 Å². The van der Waals surface area contributed by atoms with Crippen molar-refractivity contribution in [2.45, 2.75) is 26.8 Å². The lowest BCUT2D eigenvalue weighted by molar-refractivity contribution is -0.139. The number of esters is 1. The van der Waals surface area contributed by atoms with Gasteiger partial charge in [-0.25, -0.2) is 14.0 Å². The molecular weight excluding hydrogens is 431 g/mol. The molecule has 2 aromatic rings. The van der Waals surface area contributed by atoms with Crippen molar-refractivity contribution in [2.75, 3.05) is 23.8 Å². The number of hydrogen-bond acceptors (Lipinski definition) is 4. The Bertz CT molecular complexity index is 1060. The minimum atomic E-state index is -0.568. The number of carbonyl (C=O) groups is 2. The molecule has 1 unspecified atom stereocenters. The van der Waals surface area contributed by atoms with Gasteiger partial charge in [-0.15, -0.1) is 0 Å². The fourth-order valence-corrected chi connectivity index (χ4v) is 3.88. The van der Waals surface area contributed by atoms with E-state index in [4.69, 9.17) is 17.0 Å². The summed E-state index contributed by atoms with van der Waals surface area (Å²) in [6.07, 6.45) is 0. The number of nitrogens with zero attached hydrogens (tertiary/aromatic N) is 1. The summed E-state index contributed by atoms with van der Waals surface area (Å²) in [5.74, 6) is -0.929. The van der Waals surface area contributed by atoms with Crippen LogP contribution in [0.25, 0.3) is 0 Å². The maximum Gasteiger partial charge on any atom is 0.338 e. The second-order valence-corrected chi connectivity index (χ2v) is 7.41. The maximum atomic E-state index is 13.7. The molecule has 9 heteroatoms. The Morgan fingerprint density at radius 1 is 1.12 bits per heavy atom. The second kappa shape index (κ2) is 10.2. The molecule has 1 heterocycles. The summed E-state index contributed by atoms with van der Waals surface area (Å²) < 4.78 is 19.0. The molecule has 0 bridgehead atoms. The van der Waals surface area contributed by atoms with E-state index in [0.29, 0.717) is 22.9 Å². The van der Waals surface area contributed by atoms with Crippen LogP contribution in [0, 0.1) is 5.82 Å². The summed E-state index contributed by atoms with van der Waals surface area (Å²) in [6, 6.07) is 11.8. The first-order valence-electron chi connectivity index (χ1n) is 10.2. The van der Waals surface area contributed by atoms with Crippen molar-refractivity contribution < 1.29 is 18.7 Å². The zero-order valence-electron chi connectivity index (χ0n) is 18.1. The third-order valence-corrected chi connectivity index (χ3v) is 5.37. The summed E-state index contributed by atoms with van der Waals surface area (Å²) in [4.78, 5) is 26.7. The number of allylic oxidation sites excluding steroid dienone is 1. The first-order valence-corrected chi connectivity index (χ1v) is 10.6. The standard InChI is InChI=1S/C23H25FN4O3S/c1-4-28-14(3)19(21(29)31-5-2)20(27-23(28)32)15-10-12-16(13-11-15)25-22(30)26-18-9-7-6-8-17(18)24/h6-13,20H,4-5H2,1-3H3,(H,27,32)(H2,25,26,30). The van der Waals surface area contributed by atoms with E-state index in [9.17, 15) is 14.0 Å². The molecule has 32 heavy (non-hydrogen) atoms. The lowest BCUT2D eigenvalue weighted by Crippen LogP contribution is -2.47. The molecule has 3 N–H and O–H groups in total. The first kappa shape index (κ1) is 23.2. The topological polar surface area (TPSA) is 82.7 Å². The summed E-state index contributed by atoms with van der Waals surface area (Å²) in [7, 11) is 0. The highest BCUT2D eigenvalue weighted by atomic mass is 32.1. The SMILES string of the molecule is CCOC(=O)C1=C(C)N(CC)C(=S)NC1c1ccc(NC(=O)Nc2ccccc2F)cc1. The van der Waals surface area contributed by atoms with Gasteiger partial charge in [0.25, 0.3) is 0 Å². The number of urea groups is 1. The van der Waals surface area contributed by atoms with Crippen LogP contribution in [-0.4, -0.2) is 35.2 Å². The van der Waals surface area contributed by atoms with Gasteiger partial charge >= 0.3 is 12.0 Å². The number of carbonyl (C=O) groups excluding carboxylic acids is 2. The fourth-order valence-electron chi connectivity index (χ4n) is 3.49. The number of benzene rings is 2. The van der Waals surface area contributed by atoms with Gasteiger partial charge < -0.3 is 25.6 Å². The normalized spacial score (nSPS) is 15.8. The van der Waals surface area contributed by atoms with Crippen LogP contribution in [0.5, 0.6) is 0 Å². The summed E-state index contributed by atoms with van der Waals surface area (Å²) in [5.41, 5.74) is 2.60. The minimum Gasteiger partial charge on any atom is -0.463 e. The van der Waals surface area contributed by atoms with Crippen molar-refractivity contribution in [3.63, 3.8) is 0 Å². The van der Waals surface area contributed by atoms with Crippen molar-refractivity contribution in [2.24, 2.45) is 0 Å². The predicted molar refractivity (Wildman–Crippen MR) is 126 cm³/mol. The molecule has 0 aliphatic carbocycles. The molecule has 0 saturated heterocycles. The maximum absolute atomic E-state index is 13.7. The minimum absolute atomic E-state index is 0.0849. The molecule has 2 aromatic carbocycles. The van der Waals surface area contributed by atoms with Gasteiger partial charge in [0.15, 0.2) is 5.11 Å². The predicted octanol–water partition coefficient (Wildman–Crippen LogP) is 4.56. The highest BCUT2D eigenvalue weighted by Crippen LogP contribution is 2.32. The molecule has 168 valence electrons. The van der Waals surface area contributed by atoms with Gasteiger partial charge in [0.05, 0.1) is 23.9 Å². The average Bonchev–Trinajstić information content (AvgIpc) is 2.76. The van der Waals surface area contributed by atoms with Gasteiger partial charge in [-0.1, -0.05) is 24.3 Å². The Hall–Kier alpha value is -3.46. The van der Waals surface area contributed by atoms with Crippen molar-refractivity contribution >= 4 is 40.7 Å². The Morgan fingerprint density at radius 2 is 1.81 bits per heavy atom. The van der Waals surface area contributed by atoms with Crippen LogP contribution < -0.4 is 16.0 Å². The number of para-hydroxylation sites is 1. The van der Waals surface area contributed by atoms with Gasteiger partial charge in [-0.3, -0.25) is 0 Å². The van der Waals surface area contributed by atoms with Crippen LogP contribution in [0.3, 0.4) is 0 Å². The Balaban J connectivity index is 1.79. The van der Waals surface area contributed by atoms with Gasteiger partial charge in [0.1, 0.15) is 5.82 Å². The number of anilines is 2. The first-order chi connectivity index (χ1) is 15.3. The molecule has 7 nitrogen and oxygen atoms in total. The lowest BCUT2D eigenvalue weighted by Gasteiger charge is -2.37. The van der Waals surface area contributed by atoms with Crippen molar-refractivity contribution in [3.05, 3.63) is 71.2 Å². The van der Waals surface area contributed by atoms with Crippen LogP contribution in [0.4, 0.5) is 20.6 Å². The van der Waals surface area contributed by atoms with E-state index in [0.717, 1.165) is 11.3 Å². The monoisotopic (exact) mass is 456 g/mol. The summed E-state index contributed by atoms with van der Waals surface area (Å²) in [5, 5.41) is 8.86. The third-order valence-electron chi connectivity index (χ3n) is 5.03. The number of thiocarbonyl (C=S) groups is 1. The number of rotatable bonds is 6. The molecule has 1 aliphatic rings. The molecule has 0 aromatic heterocycles. The van der Waals surface area contributed by atoms with Crippen LogP contribution in [0.15, 0.2) is 59.8 Å². The zero-order valence-corrected chi connectivity index (χ0v) is 18.9. The average molecular weight is 457 g/mol. The van der Waals surface area contributed by atoms with Crippen LogP contribution in [0.2, 0.25) is 0 Å². The van der Waals surface area contributed by atoms with Crippen molar-refractivity contribution in [1.82, 2.24) is 10.2 Å². The number of halogens is 1. The van der Waals surface area contributed by atoms with Crippen LogP contribution in [0.1, 0.15) is 32.4 Å². The molecule has 1 atom stereocenters. The molecule has 0 spiro atoms. The molecule has 0 fully saturated rings. The highest BCUT2D eigenvalue weighted by Gasteiger charge is 2.34. The lowest BCUT2D eigenvalue weighted by atomic mass is 9.95. The van der Waals surface area contributed by atoms with Crippen molar-refractivity contribution in [1.29, 1.82) is 0 Å². The number of hydrogen-bond donors (Lipinski definition) is 3. The fraction of sp³-hybridized carbons (Fsp3) is 0.261. The molecule has 3 rings (SSSR count). The Kier molecular flexibility index (Phi) is 7.42. The zero-order chi connectivity index (χ0) is 23.3. The highest BCUT2D eigenvalue weighted by molar-refractivity contribution is 7.80. The van der Waals surface area contributed by atoms with Crippen molar-refractivity contribution in [3.8, 4) is 0 Å². The molecular formula is C23H25FN4O3S.